The molecule has 1 aliphatic rings. The molecular formula is C24H21FN2O5. The zero-order valence-corrected chi connectivity index (χ0v) is 17.5. The highest BCUT2D eigenvalue weighted by molar-refractivity contribution is 6.12. The summed E-state index contributed by atoms with van der Waals surface area (Å²) in [5.41, 5.74) is -0.922. The molecule has 0 saturated heterocycles. The van der Waals surface area contributed by atoms with Crippen molar-refractivity contribution in [3.63, 3.8) is 0 Å². The number of fused-ring (bicyclic) bond motifs is 1. The van der Waals surface area contributed by atoms with Crippen LogP contribution in [0.15, 0.2) is 66.7 Å². The van der Waals surface area contributed by atoms with E-state index in [-0.39, 0.29) is 17.7 Å². The zero-order chi connectivity index (χ0) is 22.9. The average Bonchev–Trinajstić information content (AvgIpc) is 3.01. The molecule has 8 heteroatoms. The highest BCUT2D eigenvalue weighted by atomic mass is 19.1. The van der Waals surface area contributed by atoms with Crippen molar-refractivity contribution in [2.24, 2.45) is 0 Å². The van der Waals surface area contributed by atoms with Crippen LogP contribution in [0.4, 0.5) is 15.8 Å². The van der Waals surface area contributed by atoms with Crippen molar-refractivity contribution < 1.29 is 28.6 Å². The number of nitrogens with zero attached hydrogens (tertiary/aromatic N) is 1. The summed E-state index contributed by atoms with van der Waals surface area (Å²) in [4.78, 5) is 27.3. The summed E-state index contributed by atoms with van der Waals surface area (Å²) in [6.45, 7) is -0.354. The Balaban J connectivity index is 1.64. The van der Waals surface area contributed by atoms with E-state index >= 15 is 0 Å². The lowest BCUT2D eigenvalue weighted by Gasteiger charge is -2.23. The van der Waals surface area contributed by atoms with Crippen molar-refractivity contribution in [1.29, 1.82) is 0 Å². The molecule has 0 spiro atoms. The molecule has 32 heavy (non-hydrogen) atoms. The van der Waals surface area contributed by atoms with E-state index in [9.17, 15) is 19.1 Å². The summed E-state index contributed by atoms with van der Waals surface area (Å²) in [5.74, 6) is -0.829. The van der Waals surface area contributed by atoms with Crippen molar-refractivity contribution in [2.45, 2.75) is 5.60 Å². The molecule has 1 heterocycles. The van der Waals surface area contributed by atoms with Gasteiger partial charge in [-0.15, -0.1) is 0 Å². The third-order valence-corrected chi connectivity index (χ3v) is 5.32. The maximum absolute atomic E-state index is 13.8. The number of carbonyl (C=O) groups excluding carboxylic acids is 2. The Morgan fingerprint density at radius 2 is 1.72 bits per heavy atom. The van der Waals surface area contributed by atoms with E-state index in [4.69, 9.17) is 9.47 Å². The van der Waals surface area contributed by atoms with Crippen molar-refractivity contribution in [3.8, 4) is 11.5 Å². The molecule has 7 nitrogen and oxygen atoms in total. The maximum atomic E-state index is 13.8. The number of methoxy groups -OCH3 is 2. The minimum atomic E-state index is -2.10. The monoisotopic (exact) mass is 436 g/mol. The average molecular weight is 436 g/mol. The minimum Gasteiger partial charge on any atom is -0.497 e. The number of benzene rings is 3. The number of hydrogen-bond acceptors (Lipinski definition) is 5. The van der Waals surface area contributed by atoms with Crippen molar-refractivity contribution in [2.75, 3.05) is 31.0 Å². The summed E-state index contributed by atoms with van der Waals surface area (Å²) in [6.07, 6.45) is 0. The lowest BCUT2D eigenvalue weighted by Crippen LogP contribution is -2.44. The first kappa shape index (κ1) is 21.3. The summed E-state index contributed by atoms with van der Waals surface area (Å²) < 4.78 is 24.3. The van der Waals surface area contributed by atoms with Gasteiger partial charge in [0.2, 0.25) is 5.91 Å². The van der Waals surface area contributed by atoms with E-state index in [1.165, 1.54) is 37.3 Å². The van der Waals surface area contributed by atoms with Crippen LogP contribution >= 0.6 is 0 Å². The fourth-order valence-corrected chi connectivity index (χ4v) is 3.81. The summed E-state index contributed by atoms with van der Waals surface area (Å²) in [6, 6.07) is 16.7. The summed E-state index contributed by atoms with van der Waals surface area (Å²) in [5, 5.41) is 14.1. The molecule has 3 aromatic carbocycles. The fourth-order valence-electron chi connectivity index (χ4n) is 3.81. The van der Waals surface area contributed by atoms with Crippen LogP contribution in [0, 0.1) is 5.82 Å². The Kier molecular flexibility index (Phi) is 5.54. The lowest BCUT2D eigenvalue weighted by molar-refractivity contribution is -0.133. The van der Waals surface area contributed by atoms with Crippen LogP contribution in [0.25, 0.3) is 0 Å². The molecule has 2 amide bonds. The molecule has 1 atom stereocenters. The number of anilines is 2. The Bertz CT molecular complexity index is 1180. The van der Waals surface area contributed by atoms with Crippen LogP contribution < -0.4 is 19.7 Å². The molecule has 0 saturated carbocycles. The molecule has 0 aliphatic carbocycles. The molecule has 164 valence electrons. The molecule has 0 radical (unpaired) electrons. The zero-order valence-electron chi connectivity index (χ0n) is 17.5. The SMILES string of the molecule is COc1cc(NC(=O)CN2C(=O)C(O)(c3cccc(F)c3)c3ccccc32)cc(OC)c1. The van der Waals surface area contributed by atoms with Crippen LogP contribution in [0.5, 0.6) is 11.5 Å². The quantitative estimate of drug-likeness (QED) is 0.620. The molecule has 0 bridgehead atoms. The number of hydrogen-bond donors (Lipinski definition) is 2. The number of aliphatic hydroxyl groups is 1. The number of halogens is 1. The van der Waals surface area contributed by atoms with E-state index < -0.39 is 23.2 Å². The minimum absolute atomic E-state index is 0.0930. The van der Waals surface area contributed by atoms with Gasteiger partial charge in [-0.3, -0.25) is 14.5 Å². The fraction of sp³-hybridized carbons (Fsp3) is 0.167. The highest BCUT2D eigenvalue weighted by Crippen LogP contribution is 2.44. The summed E-state index contributed by atoms with van der Waals surface area (Å²) in [7, 11) is 2.99. The van der Waals surface area contributed by atoms with E-state index in [1.807, 2.05) is 0 Å². The Labute approximate surface area is 184 Å². The standard InChI is InChI=1S/C24H21FN2O5/c1-31-18-11-17(12-19(13-18)32-2)26-22(28)14-27-21-9-4-3-8-20(21)24(30,23(27)29)15-6-5-7-16(25)10-15/h3-13,30H,14H2,1-2H3,(H,26,28). The molecule has 1 unspecified atom stereocenters. The highest BCUT2D eigenvalue weighted by Gasteiger charge is 2.51. The van der Waals surface area contributed by atoms with Crippen molar-refractivity contribution >= 4 is 23.2 Å². The van der Waals surface area contributed by atoms with E-state index in [0.29, 0.717) is 22.9 Å². The van der Waals surface area contributed by atoms with Gasteiger partial charge in [0, 0.05) is 35.0 Å². The predicted molar refractivity (Wildman–Crippen MR) is 116 cm³/mol. The first-order valence-electron chi connectivity index (χ1n) is 9.79. The largest absolute Gasteiger partial charge is 0.497 e. The van der Waals surface area contributed by atoms with Crippen LogP contribution in [-0.2, 0) is 15.2 Å². The molecule has 0 aromatic heterocycles. The molecule has 3 aromatic rings. The predicted octanol–water partition coefficient (Wildman–Crippen LogP) is 3.06. The number of rotatable bonds is 6. The van der Waals surface area contributed by atoms with Crippen LogP contribution in [0.3, 0.4) is 0 Å². The van der Waals surface area contributed by atoms with Gasteiger partial charge in [-0.1, -0.05) is 30.3 Å². The normalized spacial score (nSPS) is 17.1. The summed E-state index contributed by atoms with van der Waals surface area (Å²) >= 11 is 0. The van der Waals surface area contributed by atoms with Crippen LogP contribution in [-0.4, -0.2) is 37.7 Å². The Morgan fingerprint density at radius 1 is 1.03 bits per heavy atom. The Hall–Kier alpha value is -3.91. The smallest absolute Gasteiger partial charge is 0.268 e. The van der Waals surface area contributed by atoms with Crippen LogP contribution in [0.2, 0.25) is 0 Å². The first-order chi connectivity index (χ1) is 15.4. The van der Waals surface area contributed by atoms with Gasteiger partial charge in [-0.25, -0.2) is 4.39 Å². The van der Waals surface area contributed by atoms with Gasteiger partial charge in [0.15, 0.2) is 5.60 Å². The number of amides is 2. The number of ether oxygens (including phenoxy) is 2. The number of carbonyl (C=O) groups is 2. The maximum Gasteiger partial charge on any atom is 0.268 e. The van der Waals surface area contributed by atoms with Gasteiger partial charge < -0.3 is 19.9 Å². The molecule has 4 rings (SSSR count). The van der Waals surface area contributed by atoms with Crippen molar-refractivity contribution in [1.82, 2.24) is 0 Å². The van der Waals surface area contributed by atoms with E-state index in [2.05, 4.69) is 5.32 Å². The second-order valence-corrected chi connectivity index (χ2v) is 7.28. The topological polar surface area (TPSA) is 88.1 Å². The van der Waals surface area contributed by atoms with Crippen molar-refractivity contribution in [3.05, 3.63) is 83.7 Å². The molecular weight excluding hydrogens is 415 g/mol. The third-order valence-electron chi connectivity index (χ3n) is 5.32. The molecule has 0 fully saturated rings. The van der Waals surface area contributed by atoms with Crippen LogP contribution in [0.1, 0.15) is 11.1 Å². The van der Waals surface area contributed by atoms with Gasteiger partial charge in [-0.05, 0) is 18.2 Å². The molecule has 2 N–H and O–H groups in total. The first-order valence-corrected chi connectivity index (χ1v) is 9.79. The number of para-hydroxylation sites is 1. The van der Waals surface area contributed by atoms with Gasteiger partial charge in [0.05, 0.1) is 19.9 Å². The Morgan fingerprint density at radius 3 is 2.38 bits per heavy atom. The number of nitrogens with one attached hydrogen (secondary N) is 1. The van der Waals surface area contributed by atoms with E-state index in [1.54, 1.807) is 42.5 Å². The van der Waals surface area contributed by atoms with Gasteiger partial charge in [-0.2, -0.15) is 0 Å². The second kappa shape index (κ2) is 8.32. The van der Waals surface area contributed by atoms with Gasteiger partial charge in [0.1, 0.15) is 23.9 Å². The second-order valence-electron chi connectivity index (χ2n) is 7.28. The third kappa shape index (κ3) is 3.65. The molecule has 1 aliphatic heterocycles. The van der Waals surface area contributed by atoms with E-state index in [0.717, 1.165) is 6.07 Å². The van der Waals surface area contributed by atoms with Gasteiger partial charge >= 0.3 is 0 Å². The van der Waals surface area contributed by atoms with Gasteiger partial charge in [0.25, 0.3) is 5.91 Å². The lowest BCUT2D eigenvalue weighted by atomic mass is 9.87.